The highest BCUT2D eigenvalue weighted by molar-refractivity contribution is 5.80. The van der Waals surface area contributed by atoms with Crippen LogP contribution < -0.4 is 10.6 Å². The van der Waals surface area contributed by atoms with Crippen LogP contribution in [0.5, 0.6) is 0 Å². The predicted molar refractivity (Wildman–Crippen MR) is 202 cm³/mol. The number of ether oxygens (including phenoxy) is 6. The molecule has 54 heavy (non-hydrogen) atoms. The number of carbonyl (C=O) groups is 3. The summed E-state index contributed by atoms with van der Waals surface area (Å²) in [5.74, 6) is -1.99. The summed E-state index contributed by atoms with van der Waals surface area (Å²) in [4.78, 5) is 42.4. The van der Waals surface area contributed by atoms with Crippen LogP contribution in [0.25, 0.3) is 0 Å². The highest BCUT2D eigenvalue weighted by atomic mass is 16.7. The van der Waals surface area contributed by atoms with Crippen LogP contribution in [0.3, 0.4) is 0 Å². The van der Waals surface area contributed by atoms with Crippen molar-refractivity contribution in [2.24, 2.45) is 17.8 Å². The summed E-state index contributed by atoms with van der Waals surface area (Å²) in [6.07, 6.45) is -3.62. The zero-order valence-corrected chi connectivity index (χ0v) is 35.0. The second-order valence-electron chi connectivity index (χ2n) is 16.7. The van der Waals surface area contributed by atoms with Crippen molar-refractivity contribution >= 4 is 17.7 Å². The van der Waals surface area contributed by atoms with Crippen molar-refractivity contribution in [1.82, 2.24) is 20.4 Å². The van der Waals surface area contributed by atoms with Crippen molar-refractivity contribution in [3.05, 3.63) is 0 Å². The molecule has 0 aliphatic carbocycles. The number of methoxy groups -OCH3 is 1. The second kappa shape index (κ2) is 20.5. The van der Waals surface area contributed by atoms with Gasteiger partial charge in [0.05, 0.1) is 41.5 Å². The van der Waals surface area contributed by atoms with Crippen molar-refractivity contribution in [2.75, 3.05) is 54.5 Å². The molecule has 0 saturated carbocycles. The standard InChI is InChI=1S/C39H72N4O11/c1-13-29(44)40-16-14-18-50-33-28(42(9)10)19-24(3)51-37(33)54-35-25(4)32(53-31-21-39(8,49-12)34(46)27(6)52-31)26(5)36(47)41-17-15-30(45)43(11)22-23(2)20-38(35,7)48/h23-28,31-35,37,46,48H,13-22H2,1-12H3,(H,40,44)(H,41,47)/t23-,24-,25+,26?,27+,28+,31+,32?,33-,34+,35-,37+,38-,39-/m1/s1. The lowest BCUT2D eigenvalue weighted by Crippen LogP contribution is -2.61. The molecule has 0 bridgehead atoms. The van der Waals surface area contributed by atoms with Crippen molar-refractivity contribution in [2.45, 2.75) is 160 Å². The molecule has 0 aromatic carbocycles. The van der Waals surface area contributed by atoms with Gasteiger partial charge in [0, 0.05) is 71.6 Å². The van der Waals surface area contributed by atoms with Crippen LogP contribution in [-0.4, -0.2) is 159 Å². The van der Waals surface area contributed by atoms with E-state index in [0.717, 1.165) is 0 Å². The van der Waals surface area contributed by atoms with Gasteiger partial charge in [-0.05, 0) is 67.0 Å². The number of carbonyl (C=O) groups excluding carboxylic acids is 3. The molecule has 3 amide bonds. The van der Waals surface area contributed by atoms with Crippen molar-refractivity contribution in [3.63, 3.8) is 0 Å². The minimum absolute atomic E-state index is 0.0252. The Bertz CT molecular complexity index is 1210. The Balaban J connectivity index is 2.06. The van der Waals surface area contributed by atoms with E-state index in [-0.39, 0.29) is 61.6 Å². The average molecular weight is 773 g/mol. The van der Waals surface area contributed by atoms with Gasteiger partial charge < -0.3 is 59.1 Å². The average Bonchev–Trinajstić information content (AvgIpc) is 3.10. The van der Waals surface area contributed by atoms with Gasteiger partial charge in [0.1, 0.15) is 12.2 Å². The first kappa shape index (κ1) is 46.4. The maximum atomic E-state index is 13.8. The lowest BCUT2D eigenvalue weighted by Gasteiger charge is -2.49. The summed E-state index contributed by atoms with van der Waals surface area (Å²) >= 11 is 0. The van der Waals surface area contributed by atoms with E-state index in [1.54, 1.807) is 39.6 Å². The third-order valence-electron chi connectivity index (χ3n) is 11.5. The monoisotopic (exact) mass is 773 g/mol. The highest BCUT2D eigenvalue weighted by Gasteiger charge is 2.51. The van der Waals surface area contributed by atoms with E-state index < -0.39 is 66.1 Å². The SMILES string of the molecule is CCC(=O)NCCCO[C@H]1[C@H](O[C@@H]2[C@@H](C)C(O[C@H]3C[C@@](C)(OC)[C@@H](O)[C@H](C)O3)C(C)C(=O)NCCC(=O)N(C)C[C@H](C)C[C@@]2(C)O)O[C@H](C)C[C@@H]1N(C)C. The summed E-state index contributed by atoms with van der Waals surface area (Å²) in [5.41, 5.74) is -2.48. The predicted octanol–water partition coefficient (Wildman–Crippen LogP) is 2.05. The quantitative estimate of drug-likeness (QED) is 0.213. The molecule has 15 nitrogen and oxygen atoms in total. The molecule has 15 heteroatoms. The van der Waals surface area contributed by atoms with Gasteiger partial charge in [0.15, 0.2) is 12.6 Å². The Kier molecular flexibility index (Phi) is 17.6. The van der Waals surface area contributed by atoms with Crippen LogP contribution in [0.2, 0.25) is 0 Å². The van der Waals surface area contributed by atoms with Gasteiger partial charge in [0.2, 0.25) is 17.7 Å². The molecule has 314 valence electrons. The fourth-order valence-electron chi connectivity index (χ4n) is 8.34. The molecule has 14 atom stereocenters. The summed E-state index contributed by atoms with van der Waals surface area (Å²) in [6, 6.07) is -0.0895. The van der Waals surface area contributed by atoms with Crippen LogP contribution in [0.1, 0.15) is 93.9 Å². The van der Waals surface area contributed by atoms with Gasteiger partial charge in [-0.25, -0.2) is 0 Å². The molecule has 3 aliphatic rings. The van der Waals surface area contributed by atoms with Gasteiger partial charge in [-0.15, -0.1) is 0 Å². The Morgan fingerprint density at radius 2 is 1.76 bits per heavy atom. The van der Waals surface area contributed by atoms with E-state index in [2.05, 4.69) is 15.5 Å². The first-order chi connectivity index (χ1) is 25.2. The van der Waals surface area contributed by atoms with Crippen molar-refractivity contribution in [3.8, 4) is 0 Å². The molecule has 4 N–H and O–H groups in total. The number of aliphatic hydroxyl groups excluding tert-OH is 1. The van der Waals surface area contributed by atoms with Crippen molar-refractivity contribution < 1.29 is 53.0 Å². The maximum Gasteiger partial charge on any atom is 0.225 e. The lowest BCUT2D eigenvalue weighted by atomic mass is 9.77. The Labute approximate surface area is 323 Å². The fourth-order valence-corrected chi connectivity index (χ4v) is 8.34. The van der Waals surface area contributed by atoms with Gasteiger partial charge in [-0.3, -0.25) is 14.4 Å². The first-order valence-electron chi connectivity index (χ1n) is 19.9. The summed E-state index contributed by atoms with van der Waals surface area (Å²) in [6.45, 7) is 16.1. The molecular weight excluding hydrogens is 700 g/mol. The minimum atomic E-state index is -1.50. The third-order valence-corrected chi connectivity index (χ3v) is 11.5. The number of likely N-dealkylation sites (N-methyl/N-ethyl adjacent to an activating group) is 1. The fraction of sp³-hybridized carbons (Fsp3) is 0.923. The largest absolute Gasteiger partial charge is 0.387 e. The summed E-state index contributed by atoms with van der Waals surface area (Å²) in [5, 5.41) is 29.3. The van der Waals surface area contributed by atoms with E-state index in [0.29, 0.717) is 39.0 Å². The van der Waals surface area contributed by atoms with E-state index >= 15 is 0 Å². The molecule has 3 fully saturated rings. The highest BCUT2D eigenvalue weighted by Crippen LogP contribution is 2.39. The van der Waals surface area contributed by atoms with E-state index in [9.17, 15) is 24.6 Å². The number of amides is 3. The lowest BCUT2D eigenvalue weighted by molar-refractivity contribution is -0.320. The molecule has 3 aliphatic heterocycles. The zero-order valence-electron chi connectivity index (χ0n) is 35.0. The Hall–Kier alpha value is -1.95. The number of nitrogens with zero attached hydrogens (tertiary/aromatic N) is 2. The molecule has 3 heterocycles. The van der Waals surface area contributed by atoms with E-state index in [4.69, 9.17) is 28.4 Å². The number of nitrogens with one attached hydrogen (secondary N) is 2. The first-order valence-corrected chi connectivity index (χ1v) is 19.9. The summed E-state index contributed by atoms with van der Waals surface area (Å²) in [7, 11) is 7.23. The molecule has 2 unspecified atom stereocenters. The van der Waals surface area contributed by atoms with Crippen LogP contribution in [0, 0.1) is 17.8 Å². The van der Waals surface area contributed by atoms with Gasteiger partial charge >= 0.3 is 0 Å². The topological polar surface area (TPSA) is 178 Å². The zero-order chi connectivity index (χ0) is 40.5. The Morgan fingerprint density at radius 3 is 2.39 bits per heavy atom. The number of rotatable bonds is 12. The number of aliphatic hydroxyl groups is 2. The van der Waals surface area contributed by atoms with Crippen LogP contribution in [-0.2, 0) is 42.8 Å². The summed E-state index contributed by atoms with van der Waals surface area (Å²) < 4.78 is 38.7. The third kappa shape index (κ3) is 12.3. The van der Waals surface area contributed by atoms with E-state index in [1.807, 2.05) is 41.8 Å². The molecule has 3 rings (SSSR count). The van der Waals surface area contributed by atoms with E-state index in [1.165, 1.54) is 7.11 Å². The molecule has 0 aromatic heterocycles. The molecule has 3 saturated heterocycles. The number of hydrogen-bond acceptors (Lipinski definition) is 12. The van der Waals surface area contributed by atoms with Crippen molar-refractivity contribution in [1.29, 1.82) is 0 Å². The van der Waals surface area contributed by atoms with Gasteiger partial charge in [-0.2, -0.15) is 0 Å². The van der Waals surface area contributed by atoms with Crippen LogP contribution in [0.4, 0.5) is 0 Å². The second-order valence-corrected chi connectivity index (χ2v) is 16.7. The number of hydrogen-bond donors (Lipinski definition) is 4. The van der Waals surface area contributed by atoms with Gasteiger partial charge in [0.25, 0.3) is 0 Å². The minimum Gasteiger partial charge on any atom is -0.387 e. The maximum absolute atomic E-state index is 13.8. The smallest absolute Gasteiger partial charge is 0.225 e. The normalized spacial score (nSPS) is 40.6. The molecular formula is C39H72N4O11. The molecule has 0 radical (unpaired) electrons. The molecule has 0 spiro atoms. The molecule has 0 aromatic rings. The Morgan fingerprint density at radius 1 is 1.07 bits per heavy atom. The van der Waals surface area contributed by atoms with Crippen LogP contribution >= 0.6 is 0 Å². The van der Waals surface area contributed by atoms with Crippen LogP contribution in [0.15, 0.2) is 0 Å². The van der Waals surface area contributed by atoms with Gasteiger partial charge in [-0.1, -0.05) is 27.7 Å².